The summed E-state index contributed by atoms with van der Waals surface area (Å²) in [6, 6.07) is 9.61. The van der Waals surface area contributed by atoms with Crippen LogP contribution in [0.25, 0.3) is 11.3 Å². The van der Waals surface area contributed by atoms with Gasteiger partial charge in [-0.2, -0.15) is 5.10 Å². The normalized spacial score (nSPS) is 21.9. The van der Waals surface area contributed by atoms with Crippen LogP contribution in [0.2, 0.25) is 0 Å². The molecule has 1 fully saturated rings. The average Bonchev–Trinajstić information content (AvgIpc) is 3.10. The van der Waals surface area contributed by atoms with E-state index in [4.69, 9.17) is 4.74 Å². The minimum atomic E-state index is -0.0548. The van der Waals surface area contributed by atoms with Gasteiger partial charge in [-0.25, -0.2) is 0 Å². The molecule has 2 aromatic rings. The molecule has 1 saturated heterocycles. The van der Waals surface area contributed by atoms with Crippen LogP contribution in [0.4, 0.5) is 5.69 Å². The molecule has 5 heteroatoms. The van der Waals surface area contributed by atoms with Crippen molar-refractivity contribution in [3.63, 3.8) is 0 Å². The Kier molecular flexibility index (Phi) is 3.52. The number of aromatic amines is 1. The lowest BCUT2D eigenvalue weighted by molar-refractivity contribution is -0.119. The van der Waals surface area contributed by atoms with Gasteiger partial charge in [0.1, 0.15) is 0 Å². The lowest BCUT2D eigenvalue weighted by Crippen LogP contribution is -2.23. The molecule has 2 heterocycles. The Morgan fingerprint density at radius 2 is 2.35 bits per heavy atom. The number of carbonyl (C=O) groups is 1. The smallest absolute Gasteiger partial charge is 0.229 e. The molecule has 5 nitrogen and oxygen atoms in total. The molecular weight excluding hydrogens is 254 g/mol. The number of carbonyl (C=O) groups excluding carboxylic acids is 1. The highest BCUT2D eigenvalue weighted by molar-refractivity contribution is 5.93. The number of benzene rings is 1. The Morgan fingerprint density at radius 3 is 3.05 bits per heavy atom. The second kappa shape index (κ2) is 5.46. The van der Waals surface area contributed by atoms with E-state index >= 15 is 0 Å². The third kappa shape index (κ3) is 2.72. The van der Waals surface area contributed by atoms with Crippen LogP contribution in [0, 0.1) is 5.92 Å². The molecule has 2 atom stereocenters. The summed E-state index contributed by atoms with van der Waals surface area (Å²) in [5.74, 6) is -0.0306. The van der Waals surface area contributed by atoms with Crippen LogP contribution in [0.1, 0.15) is 13.3 Å². The van der Waals surface area contributed by atoms with Crippen molar-refractivity contribution in [3.8, 4) is 11.3 Å². The zero-order valence-electron chi connectivity index (χ0n) is 11.3. The first kappa shape index (κ1) is 12.9. The third-order valence-corrected chi connectivity index (χ3v) is 3.51. The molecule has 1 aliphatic heterocycles. The Balaban J connectivity index is 1.71. The topological polar surface area (TPSA) is 67.0 Å². The highest BCUT2D eigenvalue weighted by Gasteiger charge is 2.28. The summed E-state index contributed by atoms with van der Waals surface area (Å²) in [6.07, 6.45) is 2.66. The molecule has 0 bridgehead atoms. The van der Waals surface area contributed by atoms with Gasteiger partial charge in [-0.05, 0) is 31.5 Å². The van der Waals surface area contributed by atoms with Gasteiger partial charge in [0.25, 0.3) is 0 Å². The molecule has 1 aromatic heterocycles. The van der Waals surface area contributed by atoms with Crippen LogP contribution in [0.3, 0.4) is 0 Å². The van der Waals surface area contributed by atoms with E-state index in [1.807, 2.05) is 37.3 Å². The fourth-order valence-corrected chi connectivity index (χ4v) is 2.43. The van der Waals surface area contributed by atoms with Crippen molar-refractivity contribution in [3.05, 3.63) is 36.5 Å². The second-order valence-corrected chi connectivity index (χ2v) is 5.12. The van der Waals surface area contributed by atoms with Crippen LogP contribution in [0.15, 0.2) is 36.5 Å². The summed E-state index contributed by atoms with van der Waals surface area (Å²) in [6.45, 7) is 2.50. The van der Waals surface area contributed by atoms with Crippen LogP contribution in [-0.2, 0) is 9.53 Å². The van der Waals surface area contributed by atoms with Crippen molar-refractivity contribution >= 4 is 11.6 Å². The fraction of sp³-hybridized carbons (Fsp3) is 0.333. The molecule has 3 rings (SSSR count). The molecule has 0 saturated carbocycles. The maximum Gasteiger partial charge on any atom is 0.229 e. The van der Waals surface area contributed by atoms with Crippen LogP contribution in [-0.4, -0.2) is 28.8 Å². The molecule has 0 spiro atoms. The largest absolute Gasteiger partial charge is 0.378 e. The standard InChI is InChI=1S/C15H17N3O2/c1-10-7-12(9-20-10)15(19)17-13-4-2-3-11(8-13)14-5-6-16-18-14/h2-6,8,10,12H,7,9H2,1H3,(H,16,18)(H,17,19). The van der Waals surface area contributed by atoms with E-state index in [1.165, 1.54) is 0 Å². The van der Waals surface area contributed by atoms with Gasteiger partial charge in [0.2, 0.25) is 5.91 Å². The number of nitrogens with one attached hydrogen (secondary N) is 2. The highest BCUT2D eigenvalue weighted by atomic mass is 16.5. The summed E-state index contributed by atoms with van der Waals surface area (Å²) in [7, 11) is 0. The van der Waals surface area contributed by atoms with Gasteiger partial charge in [-0.15, -0.1) is 0 Å². The van der Waals surface area contributed by atoms with Gasteiger partial charge >= 0.3 is 0 Å². The summed E-state index contributed by atoms with van der Waals surface area (Å²) < 4.78 is 5.43. The number of hydrogen-bond acceptors (Lipinski definition) is 3. The molecule has 20 heavy (non-hydrogen) atoms. The summed E-state index contributed by atoms with van der Waals surface area (Å²) in [5, 5.41) is 9.80. The summed E-state index contributed by atoms with van der Waals surface area (Å²) in [5.41, 5.74) is 2.72. The summed E-state index contributed by atoms with van der Waals surface area (Å²) >= 11 is 0. The minimum Gasteiger partial charge on any atom is -0.378 e. The Morgan fingerprint density at radius 1 is 1.45 bits per heavy atom. The van der Waals surface area contributed by atoms with Crippen molar-refractivity contribution in [1.29, 1.82) is 0 Å². The molecular formula is C15H17N3O2. The zero-order valence-corrected chi connectivity index (χ0v) is 11.3. The number of H-pyrrole nitrogens is 1. The molecule has 2 N–H and O–H groups in total. The van der Waals surface area contributed by atoms with E-state index in [0.717, 1.165) is 23.4 Å². The summed E-state index contributed by atoms with van der Waals surface area (Å²) in [4.78, 5) is 12.1. The molecule has 1 aromatic carbocycles. The first-order valence-corrected chi connectivity index (χ1v) is 6.74. The average molecular weight is 271 g/mol. The van der Waals surface area contributed by atoms with Gasteiger partial charge in [0.05, 0.1) is 24.3 Å². The van der Waals surface area contributed by atoms with Crippen molar-refractivity contribution < 1.29 is 9.53 Å². The van der Waals surface area contributed by atoms with E-state index in [-0.39, 0.29) is 17.9 Å². The van der Waals surface area contributed by atoms with Crippen molar-refractivity contribution in [1.82, 2.24) is 10.2 Å². The van der Waals surface area contributed by atoms with Crippen LogP contribution < -0.4 is 5.32 Å². The number of amides is 1. The maximum atomic E-state index is 12.1. The highest BCUT2D eigenvalue weighted by Crippen LogP contribution is 2.23. The van der Waals surface area contributed by atoms with Crippen LogP contribution >= 0.6 is 0 Å². The lowest BCUT2D eigenvalue weighted by atomic mass is 10.1. The Bertz CT molecular complexity index is 595. The van der Waals surface area contributed by atoms with Crippen LogP contribution in [0.5, 0.6) is 0 Å². The monoisotopic (exact) mass is 271 g/mol. The number of rotatable bonds is 3. The van der Waals surface area contributed by atoms with E-state index in [1.54, 1.807) is 6.20 Å². The van der Waals surface area contributed by atoms with Gasteiger partial charge in [-0.3, -0.25) is 9.89 Å². The number of ether oxygens (including phenoxy) is 1. The molecule has 0 aliphatic carbocycles. The molecule has 2 unspecified atom stereocenters. The predicted molar refractivity (Wildman–Crippen MR) is 76.2 cm³/mol. The SMILES string of the molecule is CC1CC(C(=O)Nc2cccc(-c3ccn[nH]3)c2)CO1. The first-order chi connectivity index (χ1) is 9.72. The minimum absolute atomic E-state index is 0.0242. The number of anilines is 1. The van der Waals surface area contributed by atoms with Crippen molar-refractivity contribution in [2.75, 3.05) is 11.9 Å². The molecule has 104 valence electrons. The van der Waals surface area contributed by atoms with E-state index in [0.29, 0.717) is 6.61 Å². The number of nitrogens with zero attached hydrogens (tertiary/aromatic N) is 1. The number of aromatic nitrogens is 2. The van der Waals surface area contributed by atoms with E-state index in [2.05, 4.69) is 15.5 Å². The van der Waals surface area contributed by atoms with Gasteiger partial charge in [0.15, 0.2) is 0 Å². The Labute approximate surface area is 117 Å². The maximum absolute atomic E-state index is 12.1. The van der Waals surface area contributed by atoms with Gasteiger partial charge in [0, 0.05) is 17.4 Å². The molecule has 1 amide bonds. The number of hydrogen-bond donors (Lipinski definition) is 2. The van der Waals surface area contributed by atoms with Gasteiger partial charge in [-0.1, -0.05) is 12.1 Å². The molecule has 1 aliphatic rings. The van der Waals surface area contributed by atoms with E-state index in [9.17, 15) is 4.79 Å². The second-order valence-electron chi connectivity index (χ2n) is 5.12. The predicted octanol–water partition coefficient (Wildman–Crippen LogP) is 2.44. The van der Waals surface area contributed by atoms with Crippen molar-refractivity contribution in [2.45, 2.75) is 19.4 Å². The lowest BCUT2D eigenvalue weighted by Gasteiger charge is -2.10. The van der Waals surface area contributed by atoms with Crippen molar-refractivity contribution in [2.24, 2.45) is 5.92 Å². The zero-order chi connectivity index (χ0) is 13.9. The molecule has 0 radical (unpaired) electrons. The fourth-order valence-electron chi connectivity index (χ4n) is 2.43. The van der Waals surface area contributed by atoms with E-state index < -0.39 is 0 Å². The Hall–Kier alpha value is -2.14. The third-order valence-electron chi connectivity index (χ3n) is 3.51. The first-order valence-electron chi connectivity index (χ1n) is 6.74. The van der Waals surface area contributed by atoms with Gasteiger partial charge < -0.3 is 10.1 Å². The quantitative estimate of drug-likeness (QED) is 0.901.